The van der Waals surface area contributed by atoms with E-state index in [-0.39, 0.29) is 53.6 Å². The van der Waals surface area contributed by atoms with Gasteiger partial charge in [0.25, 0.3) is 0 Å². The summed E-state index contributed by atoms with van der Waals surface area (Å²) in [5.74, 6) is -0.201. The first-order valence-electron chi connectivity index (χ1n) is 13.1. The van der Waals surface area contributed by atoms with Crippen molar-refractivity contribution in [1.29, 1.82) is 0 Å². The van der Waals surface area contributed by atoms with Crippen LogP contribution in [0.15, 0.2) is 35.9 Å². The van der Waals surface area contributed by atoms with Crippen molar-refractivity contribution in [3.05, 3.63) is 47.0 Å². The van der Waals surface area contributed by atoms with Crippen molar-refractivity contribution in [2.24, 2.45) is 11.7 Å². The summed E-state index contributed by atoms with van der Waals surface area (Å²) in [4.78, 5) is 24.7. The highest BCUT2D eigenvalue weighted by molar-refractivity contribution is 5.85. The monoisotopic (exact) mass is 499 g/mol. The van der Waals surface area contributed by atoms with Gasteiger partial charge in [-0.25, -0.2) is 0 Å². The molecule has 1 saturated carbocycles. The Kier molecular flexibility index (Phi) is 8.05. The number of hydrogen-bond donors (Lipinski definition) is 1. The molecule has 0 amide bonds. The second kappa shape index (κ2) is 10.7. The van der Waals surface area contributed by atoms with E-state index < -0.39 is 6.04 Å². The Morgan fingerprint density at radius 1 is 1.22 bits per heavy atom. The van der Waals surface area contributed by atoms with Crippen LogP contribution in [0.2, 0.25) is 0 Å². The second-order valence-electron chi connectivity index (χ2n) is 11.2. The van der Waals surface area contributed by atoms with Crippen LogP contribution < -0.4 is 5.73 Å². The molecule has 0 radical (unpaired) electrons. The summed E-state index contributed by atoms with van der Waals surface area (Å²) < 4.78 is 24.2. The molecule has 7 atom stereocenters. The molecule has 4 rings (SSSR count). The zero-order valence-corrected chi connectivity index (χ0v) is 22.3. The van der Waals surface area contributed by atoms with Crippen molar-refractivity contribution < 1.29 is 28.5 Å². The van der Waals surface area contributed by atoms with Gasteiger partial charge in [0.1, 0.15) is 23.4 Å². The summed E-state index contributed by atoms with van der Waals surface area (Å²) in [5.41, 5.74) is 8.30. The molecule has 2 heterocycles. The van der Waals surface area contributed by atoms with Crippen LogP contribution >= 0.6 is 0 Å². The van der Waals surface area contributed by atoms with Gasteiger partial charge >= 0.3 is 5.97 Å². The lowest BCUT2D eigenvalue weighted by Crippen LogP contribution is -2.55. The quantitative estimate of drug-likeness (QED) is 0.281. The number of methoxy groups -OCH3 is 1. The standard InChI is InChI=1S/C29H41NO6/c1-18(2)6-12-24-28(4,36-24)27-26(33-5)23(14-15-29(27)17-34-29)35-25(32)13-11-20-7-9-21(10-8-20)16-22(31)19(3)30/h6-10,19,23-24,26-27H,11-17,30H2,1-5H3/t19-,23+,24+,26+,27+,28+,29-/m0/s1. The van der Waals surface area contributed by atoms with E-state index in [9.17, 15) is 9.59 Å². The van der Waals surface area contributed by atoms with E-state index in [0.717, 1.165) is 30.4 Å². The highest BCUT2D eigenvalue weighted by atomic mass is 16.6. The molecular formula is C29H41NO6. The number of allylic oxidation sites excluding steroid dienone is 1. The summed E-state index contributed by atoms with van der Waals surface area (Å²) in [6.07, 6.45) is 5.35. The fourth-order valence-electron chi connectivity index (χ4n) is 5.73. The molecule has 1 aromatic carbocycles. The fourth-order valence-corrected chi connectivity index (χ4v) is 5.73. The third kappa shape index (κ3) is 5.91. The number of esters is 1. The predicted octanol–water partition coefficient (Wildman–Crippen LogP) is 3.70. The Bertz CT molecular complexity index is 978. The molecule has 3 aliphatic rings. The first kappa shape index (κ1) is 27.0. The summed E-state index contributed by atoms with van der Waals surface area (Å²) in [6, 6.07) is 7.29. The van der Waals surface area contributed by atoms with E-state index in [1.165, 1.54) is 5.57 Å². The Balaban J connectivity index is 1.33. The van der Waals surface area contributed by atoms with Crippen LogP contribution in [0.5, 0.6) is 0 Å². The van der Waals surface area contributed by atoms with Gasteiger partial charge in [0.05, 0.1) is 24.7 Å². The Morgan fingerprint density at radius 2 is 1.89 bits per heavy atom. The maximum atomic E-state index is 12.8. The Morgan fingerprint density at radius 3 is 2.47 bits per heavy atom. The number of carbonyl (C=O) groups is 2. The average Bonchev–Trinajstić information content (AvgIpc) is 3.75. The molecule has 1 spiro atoms. The number of ether oxygens (including phenoxy) is 4. The number of hydrogen-bond acceptors (Lipinski definition) is 7. The van der Waals surface area contributed by atoms with Gasteiger partial charge in [-0.15, -0.1) is 0 Å². The lowest BCUT2D eigenvalue weighted by Gasteiger charge is -2.42. The molecule has 7 nitrogen and oxygen atoms in total. The van der Waals surface area contributed by atoms with E-state index >= 15 is 0 Å². The van der Waals surface area contributed by atoms with Crippen molar-refractivity contribution in [3.63, 3.8) is 0 Å². The summed E-state index contributed by atoms with van der Waals surface area (Å²) in [7, 11) is 1.69. The first-order valence-corrected chi connectivity index (χ1v) is 13.1. The third-order valence-electron chi connectivity index (χ3n) is 8.05. The number of nitrogens with two attached hydrogens (primary N) is 1. The molecule has 36 heavy (non-hydrogen) atoms. The summed E-state index contributed by atoms with van der Waals surface area (Å²) in [5, 5.41) is 0. The fraction of sp³-hybridized carbons (Fsp3) is 0.655. The molecular weight excluding hydrogens is 458 g/mol. The van der Waals surface area contributed by atoms with Crippen molar-refractivity contribution in [3.8, 4) is 0 Å². The zero-order valence-electron chi connectivity index (χ0n) is 22.3. The van der Waals surface area contributed by atoms with Crippen LogP contribution in [0.25, 0.3) is 0 Å². The van der Waals surface area contributed by atoms with Crippen LogP contribution in [-0.4, -0.2) is 61.0 Å². The van der Waals surface area contributed by atoms with Gasteiger partial charge in [-0.05, 0) is 64.5 Å². The number of carbonyl (C=O) groups excluding carboxylic acids is 2. The molecule has 2 aliphatic heterocycles. The topological polar surface area (TPSA) is 104 Å². The van der Waals surface area contributed by atoms with Crippen LogP contribution in [0.3, 0.4) is 0 Å². The SMILES string of the molecule is CO[C@@H]1[C@H](OC(=O)CCc2ccc(CC(=O)[C@H](C)N)cc2)CC[C@]2(CO2)[C@H]1[C@]1(C)O[C@@H]1CC=C(C)C. The summed E-state index contributed by atoms with van der Waals surface area (Å²) in [6.45, 7) is 8.74. The number of epoxide rings is 2. The lowest BCUT2D eigenvalue weighted by molar-refractivity contribution is -0.171. The highest BCUT2D eigenvalue weighted by Gasteiger charge is 2.72. The number of Topliss-reactive ketones (excluding diaryl/α,β-unsaturated/α-hetero) is 1. The average molecular weight is 500 g/mol. The van der Waals surface area contributed by atoms with Gasteiger partial charge in [0.2, 0.25) is 0 Å². The minimum absolute atomic E-state index is 0.0110. The van der Waals surface area contributed by atoms with Gasteiger partial charge in [-0.1, -0.05) is 35.9 Å². The van der Waals surface area contributed by atoms with Gasteiger partial charge in [-0.3, -0.25) is 9.59 Å². The Hall–Kier alpha value is -2.06. The van der Waals surface area contributed by atoms with Crippen molar-refractivity contribution >= 4 is 11.8 Å². The molecule has 2 saturated heterocycles. The van der Waals surface area contributed by atoms with Crippen molar-refractivity contribution in [1.82, 2.24) is 0 Å². The van der Waals surface area contributed by atoms with E-state index in [4.69, 9.17) is 24.7 Å². The summed E-state index contributed by atoms with van der Waals surface area (Å²) >= 11 is 0. The van der Waals surface area contributed by atoms with Gasteiger partial charge < -0.3 is 24.7 Å². The first-order chi connectivity index (χ1) is 17.1. The molecule has 0 bridgehead atoms. The van der Waals surface area contributed by atoms with E-state index in [2.05, 4.69) is 26.8 Å². The molecule has 0 unspecified atom stereocenters. The molecule has 0 aromatic heterocycles. The molecule has 2 N–H and O–H groups in total. The number of rotatable bonds is 11. The van der Waals surface area contributed by atoms with Crippen molar-refractivity contribution in [2.75, 3.05) is 13.7 Å². The number of aryl methyl sites for hydroxylation is 1. The van der Waals surface area contributed by atoms with Gasteiger partial charge in [0, 0.05) is 20.0 Å². The molecule has 1 aromatic rings. The maximum Gasteiger partial charge on any atom is 0.306 e. The van der Waals surface area contributed by atoms with E-state index in [1.54, 1.807) is 14.0 Å². The smallest absolute Gasteiger partial charge is 0.306 e. The third-order valence-corrected chi connectivity index (χ3v) is 8.05. The largest absolute Gasteiger partial charge is 0.460 e. The van der Waals surface area contributed by atoms with Crippen LogP contribution in [0, 0.1) is 5.92 Å². The molecule has 3 fully saturated rings. The van der Waals surface area contributed by atoms with Crippen molar-refractivity contribution in [2.45, 2.75) is 102 Å². The molecule has 1 aliphatic carbocycles. The normalized spacial score (nSPS) is 33.6. The second-order valence-corrected chi connectivity index (χ2v) is 11.2. The molecule has 7 heteroatoms. The molecule has 198 valence electrons. The number of benzene rings is 1. The minimum Gasteiger partial charge on any atom is -0.460 e. The van der Waals surface area contributed by atoms with E-state index in [0.29, 0.717) is 19.4 Å². The number of ketones is 1. The zero-order chi connectivity index (χ0) is 26.1. The maximum absolute atomic E-state index is 12.8. The van der Waals surface area contributed by atoms with Gasteiger partial charge in [0.15, 0.2) is 5.78 Å². The van der Waals surface area contributed by atoms with Crippen LogP contribution in [0.1, 0.15) is 64.5 Å². The van der Waals surface area contributed by atoms with Gasteiger partial charge in [-0.2, -0.15) is 0 Å². The predicted molar refractivity (Wildman–Crippen MR) is 137 cm³/mol. The van der Waals surface area contributed by atoms with Crippen LogP contribution in [-0.2, 0) is 41.4 Å². The minimum atomic E-state index is -0.464. The lowest BCUT2D eigenvalue weighted by atomic mass is 9.68. The van der Waals surface area contributed by atoms with Crippen LogP contribution in [0.4, 0.5) is 0 Å². The highest BCUT2D eigenvalue weighted by Crippen LogP contribution is 2.59. The van der Waals surface area contributed by atoms with E-state index in [1.807, 2.05) is 24.3 Å². The Labute approximate surface area is 214 Å².